The smallest absolute Gasteiger partial charge is 0.223 e. The van der Waals surface area contributed by atoms with Crippen molar-refractivity contribution in [3.05, 3.63) is 65.7 Å². The summed E-state index contributed by atoms with van der Waals surface area (Å²) in [6, 6.07) is 17.3. The van der Waals surface area contributed by atoms with Crippen LogP contribution in [-0.4, -0.2) is 17.6 Å². The van der Waals surface area contributed by atoms with E-state index in [0.717, 1.165) is 18.4 Å². The van der Waals surface area contributed by atoms with E-state index in [4.69, 9.17) is 0 Å². The third-order valence-corrected chi connectivity index (χ3v) is 4.00. The molecule has 2 N–H and O–H groups in total. The first-order chi connectivity index (χ1) is 10.2. The SMILES string of the molecule is O=C(NCCc1ccc(O)cc1)[C@H]1C[C@@H]1c1ccccc1. The van der Waals surface area contributed by atoms with Gasteiger partial charge in [-0.05, 0) is 42.0 Å². The van der Waals surface area contributed by atoms with Crippen molar-refractivity contribution in [1.82, 2.24) is 5.32 Å². The summed E-state index contributed by atoms with van der Waals surface area (Å²) < 4.78 is 0. The Kier molecular flexibility index (Phi) is 3.91. The molecule has 3 nitrogen and oxygen atoms in total. The molecule has 2 atom stereocenters. The number of amides is 1. The summed E-state index contributed by atoms with van der Waals surface area (Å²) in [5.74, 6) is 0.946. The fourth-order valence-corrected chi connectivity index (χ4v) is 2.68. The fraction of sp³-hybridized carbons (Fsp3) is 0.278. The first-order valence-corrected chi connectivity index (χ1v) is 7.34. The number of phenols is 1. The molecule has 21 heavy (non-hydrogen) atoms. The summed E-state index contributed by atoms with van der Waals surface area (Å²) >= 11 is 0. The van der Waals surface area contributed by atoms with E-state index in [-0.39, 0.29) is 17.6 Å². The molecule has 1 amide bonds. The Morgan fingerprint density at radius 1 is 1.10 bits per heavy atom. The first kappa shape index (κ1) is 13.7. The van der Waals surface area contributed by atoms with Crippen molar-refractivity contribution in [3.63, 3.8) is 0 Å². The van der Waals surface area contributed by atoms with Crippen molar-refractivity contribution in [2.75, 3.05) is 6.54 Å². The van der Waals surface area contributed by atoms with Crippen LogP contribution in [0.2, 0.25) is 0 Å². The zero-order valence-electron chi connectivity index (χ0n) is 11.8. The van der Waals surface area contributed by atoms with Gasteiger partial charge in [-0.3, -0.25) is 4.79 Å². The lowest BCUT2D eigenvalue weighted by Crippen LogP contribution is -2.27. The van der Waals surface area contributed by atoms with Crippen LogP contribution in [0.4, 0.5) is 0 Å². The maximum absolute atomic E-state index is 12.1. The average Bonchev–Trinajstić information content (AvgIpc) is 3.31. The number of rotatable bonds is 5. The van der Waals surface area contributed by atoms with Gasteiger partial charge >= 0.3 is 0 Å². The molecule has 108 valence electrons. The Bertz CT molecular complexity index is 607. The molecule has 0 bridgehead atoms. The van der Waals surface area contributed by atoms with Gasteiger partial charge in [-0.15, -0.1) is 0 Å². The molecular weight excluding hydrogens is 262 g/mol. The number of hydrogen-bond donors (Lipinski definition) is 2. The third kappa shape index (κ3) is 3.43. The van der Waals surface area contributed by atoms with Gasteiger partial charge in [0.15, 0.2) is 0 Å². The summed E-state index contributed by atoms with van der Waals surface area (Å²) in [5, 5.41) is 12.2. The van der Waals surface area contributed by atoms with Crippen molar-refractivity contribution < 1.29 is 9.90 Å². The molecule has 1 aliphatic rings. The summed E-state index contributed by atoms with van der Waals surface area (Å²) in [4.78, 5) is 12.1. The van der Waals surface area contributed by atoms with Crippen molar-refractivity contribution >= 4 is 5.91 Å². The number of hydrogen-bond acceptors (Lipinski definition) is 2. The van der Waals surface area contributed by atoms with Gasteiger partial charge < -0.3 is 10.4 Å². The van der Waals surface area contributed by atoms with Crippen molar-refractivity contribution in [2.45, 2.75) is 18.8 Å². The van der Waals surface area contributed by atoms with E-state index < -0.39 is 0 Å². The van der Waals surface area contributed by atoms with E-state index in [9.17, 15) is 9.90 Å². The standard InChI is InChI=1S/C18H19NO2/c20-15-8-6-13(7-9-15)10-11-19-18(21)17-12-16(17)14-4-2-1-3-5-14/h1-9,16-17,20H,10-12H2,(H,19,21)/t16-,17+/m1/s1. The van der Waals surface area contributed by atoms with Gasteiger partial charge in [-0.25, -0.2) is 0 Å². The van der Waals surface area contributed by atoms with Crippen LogP contribution in [0.25, 0.3) is 0 Å². The minimum absolute atomic E-state index is 0.132. The van der Waals surface area contributed by atoms with Crippen molar-refractivity contribution in [2.24, 2.45) is 5.92 Å². The summed E-state index contributed by atoms with van der Waals surface area (Å²) in [7, 11) is 0. The van der Waals surface area contributed by atoms with E-state index in [0.29, 0.717) is 12.5 Å². The molecule has 3 rings (SSSR count). The summed E-state index contributed by atoms with van der Waals surface area (Å²) in [5.41, 5.74) is 2.37. The maximum Gasteiger partial charge on any atom is 0.223 e. The van der Waals surface area contributed by atoms with Gasteiger partial charge in [0.1, 0.15) is 5.75 Å². The molecule has 0 radical (unpaired) electrons. The zero-order chi connectivity index (χ0) is 14.7. The molecule has 2 aromatic rings. The largest absolute Gasteiger partial charge is 0.508 e. The van der Waals surface area contributed by atoms with Gasteiger partial charge in [0.2, 0.25) is 5.91 Å². The van der Waals surface area contributed by atoms with Crippen LogP contribution in [0.15, 0.2) is 54.6 Å². The minimum Gasteiger partial charge on any atom is -0.508 e. The maximum atomic E-state index is 12.1. The Morgan fingerprint density at radius 2 is 1.81 bits per heavy atom. The van der Waals surface area contributed by atoms with Crippen LogP contribution in [0.5, 0.6) is 5.75 Å². The molecule has 3 heteroatoms. The lowest BCUT2D eigenvalue weighted by Gasteiger charge is -2.05. The van der Waals surface area contributed by atoms with Crippen LogP contribution in [0.1, 0.15) is 23.5 Å². The van der Waals surface area contributed by atoms with Gasteiger partial charge in [0.05, 0.1) is 0 Å². The summed E-state index contributed by atoms with van der Waals surface area (Å²) in [6.45, 7) is 0.640. The Labute approximate surface area is 124 Å². The topological polar surface area (TPSA) is 49.3 Å². The molecule has 1 saturated carbocycles. The molecule has 0 unspecified atom stereocenters. The highest BCUT2D eigenvalue weighted by Gasteiger charge is 2.43. The highest BCUT2D eigenvalue weighted by Crippen LogP contribution is 2.47. The molecule has 0 spiro atoms. The van der Waals surface area contributed by atoms with Gasteiger partial charge in [0, 0.05) is 12.5 Å². The van der Waals surface area contributed by atoms with E-state index in [1.165, 1.54) is 5.56 Å². The monoisotopic (exact) mass is 281 g/mol. The lowest BCUT2D eigenvalue weighted by molar-refractivity contribution is -0.122. The average molecular weight is 281 g/mol. The van der Waals surface area contributed by atoms with E-state index in [2.05, 4.69) is 17.4 Å². The van der Waals surface area contributed by atoms with Crippen LogP contribution in [0, 0.1) is 5.92 Å². The highest BCUT2D eigenvalue weighted by molar-refractivity contribution is 5.82. The number of aromatic hydroxyl groups is 1. The highest BCUT2D eigenvalue weighted by atomic mass is 16.3. The van der Waals surface area contributed by atoms with Crippen LogP contribution in [-0.2, 0) is 11.2 Å². The van der Waals surface area contributed by atoms with Crippen molar-refractivity contribution in [3.8, 4) is 5.75 Å². The number of nitrogens with one attached hydrogen (secondary N) is 1. The first-order valence-electron chi connectivity index (χ1n) is 7.34. The third-order valence-electron chi connectivity index (χ3n) is 4.00. The summed E-state index contributed by atoms with van der Waals surface area (Å²) in [6.07, 6.45) is 1.74. The second kappa shape index (κ2) is 6.00. The van der Waals surface area contributed by atoms with Gasteiger partial charge in [-0.1, -0.05) is 42.5 Å². The zero-order valence-corrected chi connectivity index (χ0v) is 11.8. The molecule has 1 fully saturated rings. The molecule has 2 aromatic carbocycles. The molecule has 0 aliphatic heterocycles. The Balaban J connectivity index is 1.45. The fourth-order valence-electron chi connectivity index (χ4n) is 2.68. The number of carbonyl (C=O) groups is 1. The molecule has 0 saturated heterocycles. The second-order valence-electron chi connectivity index (χ2n) is 5.57. The van der Waals surface area contributed by atoms with Gasteiger partial charge in [-0.2, -0.15) is 0 Å². The Morgan fingerprint density at radius 3 is 2.52 bits per heavy atom. The number of phenolic OH excluding ortho intramolecular Hbond substituents is 1. The van der Waals surface area contributed by atoms with E-state index >= 15 is 0 Å². The number of benzene rings is 2. The normalized spacial score (nSPS) is 20.0. The van der Waals surface area contributed by atoms with Gasteiger partial charge in [0.25, 0.3) is 0 Å². The minimum atomic E-state index is 0.132. The van der Waals surface area contributed by atoms with Crippen LogP contribution >= 0.6 is 0 Å². The molecule has 0 aromatic heterocycles. The van der Waals surface area contributed by atoms with E-state index in [1.54, 1.807) is 12.1 Å². The van der Waals surface area contributed by atoms with Crippen LogP contribution < -0.4 is 5.32 Å². The molecule has 1 aliphatic carbocycles. The molecular formula is C18H19NO2. The lowest BCUT2D eigenvalue weighted by atomic mass is 10.1. The quantitative estimate of drug-likeness (QED) is 0.885. The van der Waals surface area contributed by atoms with Crippen LogP contribution in [0.3, 0.4) is 0 Å². The molecule has 0 heterocycles. The predicted octanol–water partition coefficient (Wildman–Crippen LogP) is 2.85. The predicted molar refractivity (Wildman–Crippen MR) is 82.1 cm³/mol. The second-order valence-corrected chi connectivity index (χ2v) is 5.57. The van der Waals surface area contributed by atoms with Crippen molar-refractivity contribution in [1.29, 1.82) is 0 Å². The Hall–Kier alpha value is -2.29. The number of carbonyl (C=O) groups excluding carboxylic acids is 1. The van der Waals surface area contributed by atoms with E-state index in [1.807, 2.05) is 30.3 Å².